The van der Waals surface area contributed by atoms with Gasteiger partial charge in [0.1, 0.15) is 5.75 Å². The minimum absolute atomic E-state index is 0.0243. The summed E-state index contributed by atoms with van der Waals surface area (Å²) in [5, 5.41) is 12.3. The second kappa shape index (κ2) is 7.20. The van der Waals surface area contributed by atoms with E-state index in [0.717, 1.165) is 11.1 Å². The maximum atomic E-state index is 14.0. The molecule has 4 heteroatoms. The monoisotopic (exact) mass is 289 g/mol. The van der Waals surface area contributed by atoms with Crippen LogP contribution in [-0.2, 0) is 13.2 Å². The molecule has 0 radical (unpaired) electrons. The first-order chi connectivity index (χ1) is 10.1. The molecule has 0 amide bonds. The largest absolute Gasteiger partial charge is 0.454 e. The van der Waals surface area contributed by atoms with Crippen molar-refractivity contribution in [2.24, 2.45) is 0 Å². The molecule has 0 unspecified atom stereocenters. The lowest BCUT2D eigenvalue weighted by atomic mass is 10.1. The van der Waals surface area contributed by atoms with Crippen LogP contribution in [-0.4, -0.2) is 11.1 Å². The Morgan fingerprint density at radius 3 is 2.48 bits per heavy atom. The van der Waals surface area contributed by atoms with Gasteiger partial charge in [-0.15, -0.1) is 0 Å². The molecule has 0 saturated heterocycles. The molecule has 2 rings (SSSR count). The summed E-state index contributed by atoms with van der Waals surface area (Å²) in [4.78, 5) is 0. The smallest absolute Gasteiger partial charge is 0.167 e. The van der Waals surface area contributed by atoms with Crippen LogP contribution in [0.4, 0.5) is 4.39 Å². The van der Waals surface area contributed by atoms with E-state index in [0.29, 0.717) is 18.3 Å². The van der Waals surface area contributed by atoms with E-state index in [2.05, 4.69) is 5.32 Å². The highest BCUT2D eigenvalue weighted by atomic mass is 19.1. The summed E-state index contributed by atoms with van der Waals surface area (Å²) in [7, 11) is 0. The van der Waals surface area contributed by atoms with Crippen LogP contribution in [0.2, 0.25) is 0 Å². The third-order valence-electron chi connectivity index (χ3n) is 3.08. The quantitative estimate of drug-likeness (QED) is 0.853. The maximum Gasteiger partial charge on any atom is 0.167 e. The summed E-state index contributed by atoms with van der Waals surface area (Å²) in [6.45, 7) is 4.59. The van der Waals surface area contributed by atoms with E-state index in [1.165, 1.54) is 6.07 Å². The van der Waals surface area contributed by atoms with Crippen LogP contribution in [0.1, 0.15) is 25.0 Å². The third kappa shape index (κ3) is 4.28. The van der Waals surface area contributed by atoms with Crippen molar-refractivity contribution in [1.29, 1.82) is 0 Å². The molecule has 0 aromatic heterocycles. The van der Waals surface area contributed by atoms with Gasteiger partial charge in [0.05, 0.1) is 6.61 Å². The Kier molecular flexibility index (Phi) is 5.31. The fourth-order valence-corrected chi connectivity index (χ4v) is 1.90. The Morgan fingerprint density at radius 1 is 1.14 bits per heavy atom. The minimum Gasteiger partial charge on any atom is -0.454 e. The summed E-state index contributed by atoms with van der Waals surface area (Å²) in [6, 6.07) is 12.2. The van der Waals surface area contributed by atoms with Crippen molar-refractivity contribution in [1.82, 2.24) is 5.32 Å². The first-order valence-corrected chi connectivity index (χ1v) is 6.98. The average molecular weight is 289 g/mol. The van der Waals surface area contributed by atoms with Gasteiger partial charge in [0.2, 0.25) is 0 Å². The summed E-state index contributed by atoms with van der Waals surface area (Å²) < 4.78 is 19.7. The van der Waals surface area contributed by atoms with Crippen LogP contribution >= 0.6 is 0 Å². The van der Waals surface area contributed by atoms with Gasteiger partial charge in [0.15, 0.2) is 11.6 Å². The molecule has 0 aliphatic rings. The Hall–Kier alpha value is -1.91. The lowest BCUT2D eigenvalue weighted by Gasteiger charge is -2.14. The van der Waals surface area contributed by atoms with E-state index in [-0.39, 0.29) is 18.2 Å². The van der Waals surface area contributed by atoms with Gasteiger partial charge in [-0.25, -0.2) is 4.39 Å². The van der Waals surface area contributed by atoms with Gasteiger partial charge < -0.3 is 15.2 Å². The van der Waals surface area contributed by atoms with Crippen LogP contribution in [0.5, 0.6) is 11.5 Å². The van der Waals surface area contributed by atoms with Gasteiger partial charge in [-0.3, -0.25) is 0 Å². The second-order valence-corrected chi connectivity index (χ2v) is 5.17. The number of hydrogen-bond acceptors (Lipinski definition) is 3. The molecule has 3 nitrogen and oxygen atoms in total. The zero-order valence-corrected chi connectivity index (χ0v) is 12.3. The molecule has 21 heavy (non-hydrogen) atoms. The van der Waals surface area contributed by atoms with Gasteiger partial charge >= 0.3 is 0 Å². The average Bonchev–Trinajstić information content (AvgIpc) is 2.48. The van der Waals surface area contributed by atoms with Crippen LogP contribution in [0.3, 0.4) is 0 Å². The first-order valence-electron chi connectivity index (χ1n) is 6.98. The Balaban J connectivity index is 2.20. The normalized spacial score (nSPS) is 10.9. The van der Waals surface area contributed by atoms with Crippen molar-refractivity contribution in [2.75, 3.05) is 0 Å². The topological polar surface area (TPSA) is 41.5 Å². The van der Waals surface area contributed by atoms with Gasteiger partial charge in [-0.05, 0) is 23.8 Å². The van der Waals surface area contributed by atoms with E-state index in [9.17, 15) is 4.39 Å². The van der Waals surface area contributed by atoms with Crippen LogP contribution in [0.25, 0.3) is 0 Å². The van der Waals surface area contributed by atoms with Crippen molar-refractivity contribution in [3.63, 3.8) is 0 Å². The van der Waals surface area contributed by atoms with Crippen molar-refractivity contribution >= 4 is 0 Å². The highest BCUT2D eigenvalue weighted by molar-refractivity contribution is 5.39. The van der Waals surface area contributed by atoms with Crippen molar-refractivity contribution in [3.05, 3.63) is 59.4 Å². The van der Waals surface area contributed by atoms with E-state index >= 15 is 0 Å². The molecule has 2 aromatic carbocycles. The van der Waals surface area contributed by atoms with E-state index < -0.39 is 0 Å². The molecule has 0 bridgehead atoms. The Morgan fingerprint density at radius 2 is 1.86 bits per heavy atom. The second-order valence-electron chi connectivity index (χ2n) is 5.17. The lowest BCUT2D eigenvalue weighted by molar-refractivity contribution is 0.281. The Labute approximate surface area is 124 Å². The van der Waals surface area contributed by atoms with Crippen LogP contribution in [0.15, 0.2) is 42.5 Å². The maximum absolute atomic E-state index is 14.0. The fourth-order valence-electron chi connectivity index (χ4n) is 1.90. The number of halogens is 1. The zero-order valence-electron chi connectivity index (χ0n) is 12.3. The molecule has 2 aromatic rings. The number of benzene rings is 2. The SMILES string of the molecule is CC(C)NCc1cccc(F)c1Oc1ccc(CO)cc1. The molecule has 2 N–H and O–H groups in total. The number of aliphatic hydroxyl groups excluding tert-OH is 1. The fraction of sp³-hybridized carbons (Fsp3) is 0.294. The number of rotatable bonds is 6. The predicted molar refractivity (Wildman–Crippen MR) is 80.8 cm³/mol. The number of para-hydroxylation sites is 1. The number of hydrogen-bond donors (Lipinski definition) is 2. The standard InChI is InChI=1S/C17H20FNO2/c1-12(2)19-10-14-4-3-5-16(18)17(14)21-15-8-6-13(11-20)7-9-15/h3-9,12,19-20H,10-11H2,1-2H3. The van der Waals surface area contributed by atoms with Crippen molar-refractivity contribution < 1.29 is 14.2 Å². The molecule has 0 spiro atoms. The summed E-state index contributed by atoms with van der Waals surface area (Å²) >= 11 is 0. The van der Waals surface area contributed by atoms with Crippen molar-refractivity contribution in [3.8, 4) is 11.5 Å². The molecule has 0 atom stereocenters. The molecule has 112 valence electrons. The highest BCUT2D eigenvalue weighted by Gasteiger charge is 2.11. The molecule has 0 aliphatic carbocycles. The van der Waals surface area contributed by atoms with Crippen LogP contribution < -0.4 is 10.1 Å². The molecular weight excluding hydrogens is 269 g/mol. The highest BCUT2D eigenvalue weighted by Crippen LogP contribution is 2.28. The number of nitrogens with one attached hydrogen (secondary N) is 1. The first kappa shape index (κ1) is 15.5. The lowest BCUT2D eigenvalue weighted by Crippen LogP contribution is -2.22. The number of ether oxygens (including phenoxy) is 1. The molecule has 0 fully saturated rings. The Bertz CT molecular complexity index is 582. The molecule has 0 saturated carbocycles. The van der Waals surface area contributed by atoms with Crippen LogP contribution in [0, 0.1) is 5.82 Å². The third-order valence-corrected chi connectivity index (χ3v) is 3.08. The zero-order chi connectivity index (χ0) is 15.2. The minimum atomic E-state index is -0.385. The molecular formula is C17H20FNO2. The van der Waals surface area contributed by atoms with E-state index in [1.807, 2.05) is 19.9 Å². The van der Waals surface area contributed by atoms with Crippen molar-refractivity contribution in [2.45, 2.75) is 33.0 Å². The number of aliphatic hydroxyl groups is 1. The van der Waals surface area contributed by atoms with Gasteiger partial charge in [-0.2, -0.15) is 0 Å². The predicted octanol–water partition coefficient (Wildman–Crippen LogP) is 3.61. The molecule has 0 heterocycles. The van der Waals surface area contributed by atoms with Gasteiger partial charge in [0.25, 0.3) is 0 Å². The van der Waals surface area contributed by atoms with E-state index in [1.54, 1.807) is 30.3 Å². The summed E-state index contributed by atoms with van der Waals surface area (Å²) in [5.74, 6) is 0.398. The van der Waals surface area contributed by atoms with Gasteiger partial charge in [0, 0.05) is 18.2 Å². The van der Waals surface area contributed by atoms with E-state index in [4.69, 9.17) is 9.84 Å². The molecule has 0 aliphatic heterocycles. The summed E-state index contributed by atoms with van der Waals surface area (Å²) in [5.41, 5.74) is 1.56. The summed E-state index contributed by atoms with van der Waals surface area (Å²) in [6.07, 6.45) is 0. The van der Waals surface area contributed by atoms with Gasteiger partial charge in [-0.1, -0.05) is 38.1 Å².